The van der Waals surface area contributed by atoms with Crippen LogP contribution in [0.3, 0.4) is 0 Å². The molecular formula is C20H15F2N3O. The third kappa shape index (κ3) is 3.06. The van der Waals surface area contributed by atoms with E-state index in [1.165, 1.54) is 12.1 Å². The quantitative estimate of drug-likeness (QED) is 0.709. The summed E-state index contributed by atoms with van der Waals surface area (Å²) in [5, 5.41) is 0. The third-order valence-electron chi connectivity index (χ3n) is 4.38. The number of benzene rings is 1. The molecule has 0 spiro atoms. The molecule has 26 heavy (non-hydrogen) atoms. The molecule has 0 aliphatic carbocycles. The number of carbonyl (C=O) groups excluding carboxylic acids is 1. The normalized spacial score (nSPS) is 13.3. The average molecular weight is 351 g/mol. The number of alkyl halides is 2. The van der Waals surface area contributed by atoms with E-state index in [9.17, 15) is 13.6 Å². The number of rotatable bonds is 4. The van der Waals surface area contributed by atoms with Crippen LogP contribution in [0.25, 0.3) is 11.1 Å². The lowest BCUT2D eigenvalue weighted by Gasteiger charge is -2.17. The Morgan fingerprint density at radius 3 is 2.69 bits per heavy atom. The number of pyridine rings is 2. The van der Waals surface area contributed by atoms with E-state index >= 15 is 0 Å². The number of nitrogens with zero attached hydrogens (tertiary/aromatic N) is 3. The highest BCUT2D eigenvalue weighted by Gasteiger charge is 2.29. The van der Waals surface area contributed by atoms with Crippen molar-refractivity contribution in [2.24, 2.45) is 0 Å². The van der Waals surface area contributed by atoms with Gasteiger partial charge in [0.15, 0.2) is 0 Å². The van der Waals surface area contributed by atoms with E-state index in [2.05, 4.69) is 9.97 Å². The Bertz CT molecular complexity index is 960. The van der Waals surface area contributed by atoms with Gasteiger partial charge in [0, 0.05) is 23.5 Å². The second-order valence-electron chi connectivity index (χ2n) is 6.09. The molecule has 6 heteroatoms. The maximum atomic E-state index is 13.0. The van der Waals surface area contributed by atoms with Crippen LogP contribution in [-0.4, -0.2) is 15.9 Å². The summed E-state index contributed by atoms with van der Waals surface area (Å²) in [7, 11) is 0. The predicted molar refractivity (Wildman–Crippen MR) is 93.8 cm³/mol. The number of amides is 1. The first-order valence-electron chi connectivity index (χ1n) is 8.19. The van der Waals surface area contributed by atoms with E-state index in [-0.39, 0.29) is 17.9 Å². The molecule has 1 aliphatic heterocycles. The molecule has 3 heterocycles. The zero-order chi connectivity index (χ0) is 18.1. The highest BCUT2D eigenvalue weighted by molar-refractivity contribution is 6.01. The van der Waals surface area contributed by atoms with Crippen molar-refractivity contribution in [1.29, 1.82) is 0 Å². The molecule has 1 amide bonds. The Hall–Kier alpha value is -3.15. The third-order valence-corrected chi connectivity index (χ3v) is 4.38. The summed E-state index contributed by atoms with van der Waals surface area (Å²) in [4.78, 5) is 22.7. The smallest absolute Gasteiger partial charge is 0.263 e. The minimum Gasteiger partial charge on any atom is -0.304 e. The molecular weight excluding hydrogens is 336 g/mol. The number of anilines is 1. The molecule has 1 aromatic carbocycles. The molecule has 0 unspecified atom stereocenters. The Kier molecular flexibility index (Phi) is 4.16. The van der Waals surface area contributed by atoms with Gasteiger partial charge in [-0.1, -0.05) is 24.3 Å². The molecule has 130 valence electrons. The largest absolute Gasteiger partial charge is 0.304 e. The van der Waals surface area contributed by atoms with Gasteiger partial charge in [-0.2, -0.15) is 0 Å². The SMILES string of the molecule is O=C1Cc2ncc(-c3cccc(C(F)F)c3)cc2N1Cc1ccccn1. The highest BCUT2D eigenvalue weighted by atomic mass is 19.3. The van der Waals surface area contributed by atoms with Crippen molar-refractivity contribution < 1.29 is 13.6 Å². The lowest BCUT2D eigenvalue weighted by molar-refractivity contribution is -0.117. The lowest BCUT2D eigenvalue weighted by atomic mass is 10.0. The maximum Gasteiger partial charge on any atom is 0.263 e. The fourth-order valence-electron chi connectivity index (χ4n) is 3.06. The van der Waals surface area contributed by atoms with Gasteiger partial charge in [0.2, 0.25) is 5.91 Å². The van der Waals surface area contributed by atoms with Crippen molar-refractivity contribution in [3.8, 4) is 11.1 Å². The van der Waals surface area contributed by atoms with E-state index in [0.717, 1.165) is 5.69 Å². The minimum atomic E-state index is -2.53. The molecule has 0 saturated carbocycles. The number of aromatic nitrogens is 2. The van der Waals surface area contributed by atoms with Crippen molar-refractivity contribution in [3.05, 3.63) is 77.9 Å². The Labute approximate surface area is 149 Å². The summed E-state index contributed by atoms with van der Waals surface area (Å²) < 4.78 is 25.9. The molecule has 0 saturated heterocycles. The van der Waals surface area contributed by atoms with Gasteiger partial charge in [-0.25, -0.2) is 8.78 Å². The average Bonchev–Trinajstić information content (AvgIpc) is 2.97. The molecule has 0 N–H and O–H groups in total. The van der Waals surface area contributed by atoms with Gasteiger partial charge < -0.3 is 4.90 Å². The van der Waals surface area contributed by atoms with Gasteiger partial charge in [-0.15, -0.1) is 0 Å². The van der Waals surface area contributed by atoms with Crippen LogP contribution >= 0.6 is 0 Å². The van der Waals surface area contributed by atoms with Gasteiger partial charge in [-0.3, -0.25) is 14.8 Å². The van der Waals surface area contributed by atoms with Crippen LogP contribution in [0.4, 0.5) is 14.5 Å². The van der Waals surface area contributed by atoms with Crippen molar-refractivity contribution in [2.75, 3.05) is 4.90 Å². The molecule has 1 aliphatic rings. The molecule has 0 bridgehead atoms. The van der Waals surface area contributed by atoms with Crippen LogP contribution in [0.5, 0.6) is 0 Å². The van der Waals surface area contributed by atoms with Gasteiger partial charge in [0.1, 0.15) is 0 Å². The summed E-state index contributed by atoms with van der Waals surface area (Å²) in [6, 6.07) is 13.6. The number of fused-ring (bicyclic) bond motifs is 1. The Balaban J connectivity index is 1.70. The topological polar surface area (TPSA) is 46.1 Å². The van der Waals surface area contributed by atoms with Gasteiger partial charge in [0.25, 0.3) is 6.43 Å². The highest BCUT2D eigenvalue weighted by Crippen LogP contribution is 2.33. The molecule has 0 fully saturated rings. The van der Waals surface area contributed by atoms with E-state index in [0.29, 0.717) is 29.1 Å². The lowest BCUT2D eigenvalue weighted by Crippen LogP contribution is -2.26. The van der Waals surface area contributed by atoms with Crippen LogP contribution in [-0.2, 0) is 17.8 Å². The zero-order valence-electron chi connectivity index (χ0n) is 13.8. The number of carbonyl (C=O) groups is 1. The summed E-state index contributed by atoms with van der Waals surface area (Å²) in [5.74, 6) is -0.0448. The van der Waals surface area contributed by atoms with E-state index < -0.39 is 6.43 Å². The van der Waals surface area contributed by atoms with Gasteiger partial charge in [0.05, 0.1) is 30.0 Å². The number of hydrogen-bond acceptors (Lipinski definition) is 3. The summed E-state index contributed by atoms with van der Waals surface area (Å²) in [6.07, 6.45) is 1.02. The summed E-state index contributed by atoms with van der Waals surface area (Å²) >= 11 is 0. The van der Waals surface area contributed by atoms with Crippen molar-refractivity contribution in [3.63, 3.8) is 0 Å². The van der Waals surface area contributed by atoms with Crippen LogP contribution in [0.2, 0.25) is 0 Å². The Morgan fingerprint density at radius 2 is 1.92 bits per heavy atom. The molecule has 4 nitrogen and oxygen atoms in total. The zero-order valence-corrected chi connectivity index (χ0v) is 13.8. The van der Waals surface area contributed by atoms with E-state index in [1.54, 1.807) is 29.4 Å². The maximum absolute atomic E-state index is 13.0. The summed E-state index contributed by atoms with van der Waals surface area (Å²) in [6.45, 7) is 0.356. The molecule has 2 aromatic heterocycles. The monoisotopic (exact) mass is 351 g/mol. The standard InChI is InChI=1S/C20H15F2N3O/c21-20(22)14-5-3-4-13(8-14)15-9-18-17(24-11-15)10-19(26)25(18)12-16-6-1-2-7-23-16/h1-9,11,20H,10,12H2. The van der Waals surface area contributed by atoms with Crippen LogP contribution < -0.4 is 4.90 Å². The number of halogens is 2. The van der Waals surface area contributed by atoms with E-state index in [4.69, 9.17) is 0 Å². The first-order valence-corrected chi connectivity index (χ1v) is 8.19. The first kappa shape index (κ1) is 16.3. The molecule has 0 radical (unpaired) electrons. The van der Waals surface area contributed by atoms with Crippen molar-refractivity contribution in [2.45, 2.75) is 19.4 Å². The van der Waals surface area contributed by atoms with Crippen molar-refractivity contribution >= 4 is 11.6 Å². The molecule has 3 aromatic rings. The molecule has 0 atom stereocenters. The van der Waals surface area contributed by atoms with Crippen LogP contribution in [0, 0.1) is 0 Å². The van der Waals surface area contributed by atoms with Crippen molar-refractivity contribution in [1.82, 2.24) is 9.97 Å². The fraction of sp³-hybridized carbons (Fsp3) is 0.150. The molecule has 4 rings (SSSR count). The number of hydrogen-bond donors (Lipinski definition) is 0. The summed E-state index contributed by atoms with van der Waals surface area (Å²) in [5.41, 5.74) is 3.49. The Morgan fingerprint density at radius 1 is 1.04 bits per heavy atom. The fourth-order valence-corrected chi connectivity index (χ4v) is 3.06. The van der Waals surface area contributed by atoms with Crippen LogP contribution in [0.1, 0.15) is 23.4 Å². The van der Waals surface area contributed by atoms with E-state index in [1.807, 2.05) is 24.3 Å². The van der Waals surface area contributed by atoms with Gasteiger partial charge in [-0.05, 0) is 29.8 Å². The second-order valence-corrected chi connectivity index (χ2v) is 6.09. The van der Waals surface area contributed by atoms with Crippen LogP contribution in [0.15, 0.2) is 60.9 Å². The van der Waals surface area contributed by atoms with Gasteiger partial charge >= 0.3 is 0 Å². The first-order chi connectivity index (χ1) is 12.6. The second kappa shape index (κ2) is 6.63. The minimum absolute atomic E-state index is 0.0376. The predicted octanol–water partition coefficient (Wildman–Crippen LogP) is 4.17.